The molecule has 10 heteroatoms. The average Bonchev–Trinajstić information content (AvgIpc) is 3.30. The van der Waals surface area contributed by atoms with Gasteiger partial charge in [0.15, 0.2) is 0 Å². The smallest absolute Gasteiger partial charge is 0.342 e. The third-order valence-electron chi connectivity index (χ3n) is 8.61. The molecule has 10 nitrogen and oxygen atoms in total. The highest BCUT2D eigenvalue weighted by Crippen LogP contribution is 2.40. The summed E-state index contributed by atoms with van der Waals surface area (Å²) in [5.74, 6) is -0.951. The van der Waals surface area contributed by atoms with Crippen molar-refractivity contribution in [3.8, 4) is 0 Å². The molecule has 0 saturated heterocycles. The van der Waals surface area contributed by atoms with Gasteiger partial charge in [-0.15, -0.1) is 0 Å². The van der Waals surface area contributed by atoms with Crippen LogP contribution in [0.5, 0.6) is 0 Å². The number of esters is 2. The second-order valence-corrected chi connectivity index (χ2v) is 11.3. The van der Waals surface area contributed by atoms with Crippen LogP contribution < -0.4 is 5.32 Å². The number of nitrogens with zero attached hydrogens (tertiary/aromatic N) is 3. The zero-order valence-electron chi connectivity index (χ0n) is 23.5. The van der Waals surface area contributed by atoms with Crippen LogP contribution in [-0.4, -0.2) is 39.6 Å². The molecule has 4 rings (SSSR count). The summed E-state index contributed by atoms with van der Waals surface area (Å²) in [5.41, 5.74) is 1.52. The first kappa shape index (κ1) is 28.8. The van der Waals surface area contributed by atoms with Gasteiger partial charge in [0.2, 0.25) is 5.82 Å². The predicted molar refractivity (Wildman–Crippen MR) is 145 cm³/mol. The Morgan fingerprint density at radius 3 is 1.79 bits per heavy atom. The van der Waals surface area contributed by atoms with E-state index in [1.54, 1.807) is 13.8 Å². The summed E-state index contributed by atoms with van der Waals surface area (Å²) in [7, 11) is 1.52. The van der Waals surface area contributed by atoms with Crippen molar-refractivity contribution >= 4 is 17.8 Å². The zero-order chi connectivity index (χ0) is 27.9. The minimum Gasteiger partial charge on any atom is -0.462 e. The van der Waals surface area contributed by atoms with Crippen LogP contribution in [0.15, 0.2) is 28.7 Å². The van der Waals surface area contributed by atoms with Gasteiger partial charge in [0.05, 0.1) is 31.4 Å². The van der Waals surface area contributed by atoms with Crippen LogP contribution in [0.2, 0.25) is 0 Å². The van der Waals surface area contributed by atoms with Gasteiger partial charge >= 0.3 is 17.8 Å². The summed E-state index contributed by atoms with van der Waals surface area (Å²) in [6.07, 6.45) is 14.7. The number of nitro groups is 1. The van der Waals surface area contributed by atoms with Crippen LogP contribution in [0.25, 0.3) is 0 Å². The molecule has 1 aliphatic heterocycles. The number of carbonyl (C=O) groups excluding carboxylic acids is 2. The minimum absolute atomic E-state index is 0.223. The third kappa shape index (κ3) is 6.89. The summed E-state index contributed by atoms with van der Waals surface area (Å²) in [6.45, 7) is 4.07. The van der Waals surface area contributed by atoms with Gasteiger partial charge in [0, 0.05) is 11.4 Å². The third-order valence-corrected chi connectivity index (χ3v) is 8.61. The fraction of sp³-hybridized carbons (Fsp3) is 0.690. The highest BCUT2D eigenvalue weighted by Gasteiger charge is 2.43. The van der Waals surface area contributed by atoms with Gasteiger partial charge in [0.25, 0.3) is 0 Å². The SMILES string of the molecule is CC1=C(C(=O)OCCC2CCCCC2)C(c2ncc([N+](=O)[O-])n2C)C(C(=O)OCCC2CCCCC2)=C(C)N1. The number of ether oxygens (including phenoxy) is 2. The van der Waals surface area contributed by atoms with E-state index in [-0.39, 0.29) is 36.0 Å². The molecule has 214 valence electrons. The minimum atomic E-state index is -0.950. The number of dihydropyridines is 1. The second kappa shape index (κ2) is 13.3. The van der Waals surface area contributed by atoms with Gasteiger partial charge in [-0.25, -0.2) is 19.1 Å². The lowest BCUT2D eigenvalue weighted by atomic mass is 9.84. The highest BCUT2D eigenvalue weighted by molar-refractivity contribution is 5.99. The van der Waals surface area contributed by atoms with Crippen molar-refractivity contribution in [1.82, 2.24) is 14.9 Å². The topological polar surface area (TPSA) is 126 Å². The molecular formula is C29H42N4O6. The van der Waals surface area contributed by atoms with Crippen LogP contribution in [0.3, 0.4) is 0 Å². The largest absolute Gasteiger partial charge is 0.462 e. The summed E-state index contributed by atoms with van der Waals surface area (Å²) in [5, 5.41) is 14.7. The molecule has 0 bridgehead atoms. The molecule has 0 radical (unpaired) electrons. The van der Waals surface area contributed by atoms with E-state index in [0.29, 0.717) is 23.2 Å². The molecule has 1 aromatic rings. The van der Waals surface area contributed by atoms with E-state index in [9.17, 15) is 19.7 Å². The van der Waals surface area contributed by atoms with Gasteiger partial charge < -0.3 is 24.9 Å². The van der Waals surface area contributed by atoms with Crippen molar-refractivity contribution in [1.29, 1.82) is 0 Å². The predicted octanol–water partition coefficient (Wildman–Crippen LogP) is 5.59. The Morgan fingerprint density at radius 2 is 1.38 bits per heavy atom. The van der Waals surface area contributed by atoms with Gasteiger partial charge in [-0.2, -0.15) is 0 Å². The fourth-order valence-corrected chi connectivity index (χ4v) is 6.39. The summed E-state index contributed by atoms with van der Waals surface area (Å²) in [6, 6.07) is 0. The quantitative estimate of drug-likeness (QED) is 0.230. The Kier molecular flexibility index (Phi) is 9.80. The lowest BCUT2D eigenvalue weighted by molar-refractivity contribution is -0.391. The Morgan fingerprint density at radius 1 is 0.923 bits per heavy atom. The molecule has 2 aliphatic carbocycles. The lowest BCUT2D eigenvalue weighted by Gasteiger charge is -2.29. The Balaban J connectivity index is 1.56. The number of hydrogen-bond acceptors (Lipinski definition) is 8. The summed E-state index contributed by atoms with van der Waals surface area (Å²) in [4.78, 5) is 42.4. The Hall–Kier alpha value is -3.17. The Labute approximate surface area is 230 Å². The van der Waals surface area contributed by atoms with Crippen LogP contribution in [0, 0.1) is 22.0 Å². The molecule has 39 heavy (non-hydrogen) atoms. The number of allylic oxidation sites excluding steroid dienone is 2. The van der Waals surface area contributed by atoms with E-state index in [0.717, 1.165) is 44.7 Å². The van der Waals surface area contributed by atoms with Crippen molar-refractivity contribution < 1.29 is 24.0 Å². The second-order valence-electron chi connectivity index (χ2n) is 11.3. The number of nitrogens with one attached hydrogen (secondary N) is 1. The zero-order valence-corrected chi connectivity index (χ0v) is 23.5. The normalized spacial score (nSPS) is 19.7. The van der Waals surface area contributed by atoms with Gasteiger partial charge in [-0.3, -0.25) is 0 Å². The van der Waals surface area contributed by atoms with Gasteiger partial charge in [-0.05, 0) is 43.4 Å². The molecule has 0 atom stereocenters. The van der Waals surface area contributed by atoms with Gasteiger partial charge in [0.1, 0.15) is 12.1 Å². The fourth-order valence-electron chi connectivity index (χ4n) is 6.39. The molecule has 3 aliphatic rings. The van der Waals surface area contributed by atoms with E-state index >= 15 is 0 Å². The summed E-state index contributed by atoms with van der Waals surface area (Å²) < 4.78 is 12.8. The maximum Gasteiger partial charge on any atom is 0.342 e. The first-order valence-corrected chi connectivity index (χ1v) is 14.5. The number of carbonyl (C=O) groups is 2. The van der Waals surface area contributed by atoms with Crippen LogP contribution in [0.1, 0.15) is 103 Å². The van der Waals surface area contributed by atoms with E-state index in [1.165, 1.54) is 50.1 Å². The molecular weight excluding hydrogens is 500 g/mol. The molecule has 1 N–H and O–H groups in total. The summed E-state index contributed by atoms with van der Waals surface area (Å²) >= 11 is 0. The van der Waals surface area contributed by atoms with Crippen molar-refractivity contribution in [3.05, 3.63) is 44.7 Å². The van der Waals surface area contributed by atoms with Crippen LogP contribution in [0.4, 0.5) is 5.82 Å². The number of aromatic nitrogens is 2. The standard InChI is InChI=1S/C29H42N4O6/c1-19-24(28(34)38-16-14-21-10-6-4-7-11-21)26(27-30-18-23(32(27)3)33(36)37)25(20(2)31-19)29(35)39-17-15-22-12-8-5-9-13-22/h18,21-22,26,31H,4-17H2,1-3H3. The molecule has 2 fully saturated rings. The van der Waals surface area contributed by atoms with Crippen molar-refractivity contribution in [2.75, 3.05) is 13.2 Å². The van der Waals surface area contributed by atoms with E-state index in [4.69, 9.17) is 9.47 Å². The number of rotatable bonds is 10. The van der Waals surface area contributed by atoms with Crippen LogP contribution >= 0.6 is 0 Å². The average molecular weight is 543 g/mol. The first-order valence-electron chi connectivity index (χ1n) is 14.5. The van der Waals surface area contributed by atoms with E-state index < -0.39 is 22.8 Å². The lowest BCUT2D eigenvalue weighted by Crippen LogP contribution is -2.34. The highest BCUT2D eigenvalue weighted by atomic mass is 16.6. The molecule has 0 aromatic carbocycles. The monoisotopic (exact) mass is 542 g/mol. The van der Waals surface area contributed by atoms with Crippen molar-refractivity contribution in [3.63, 3.8) is 0 Å². The van der Waals surface area contributed by atoms with E-state index in [1.807, 2.05) is 0 Å². The number of imidazole rings is 1. The first-order chi connectivity index (χ1) is 18.8. The number of hydrogen-bond donors (Lipinski definition) is 1. The molecule has 0 unspecified atom stereocenters. The maximum absolute atomic E-state index is 13.5. The molecule has 2 heterocycles. The van der Waals surface area contributed by atoms with E-state index in [2.05, 4.69) is 10.3 Å². The molecule has 2 saturated carbocycles. The Bertz CT molecular complexity index is 1070. The van der Waals surface area contributed by atoms with Crippen molar-refractivity contribution in [2.24, 2.45) is 18.9 Å². The van der Waals surface area contributed by atoms with Gasteiger partial charge in [-0.1, -0.05) is 64.2 Å². The van der Waals surface area contributed by atoms with Crippen molar-refractivity contribution in [2.45, 2.75) is 96.8 Å². The molecule has 1 aromatic heterocycles. The molecule has 0 spiro atoms. The molecule has 0 amide bonds. The van der Waals surface area contributed by atoms with Crippen LogP contribution in [-0.2, 0) is 26.1 Å². The maximum atomic E-state index is 13.5.